The van der Waals surface area contributed by atoms with E-state index in [0.29, 0.717) is 6.61 Å². The molecular weight excluding hydrogens is 336 g/mol. The van der Waals surface area contributed by atoms with E-state index in [1.807, 2.05) is 48.5 Å². The Morgan fingerprint density at radius 1 is 1.08 bits per heavy atom. The van der Waals surface area contributed by atoms with Crippen LogP contribution in [0.1, 0.15) is 18.9 Å². The number of nitrogens with one attached hydrogen (secondary N) is 1. The molecule has 4 nitrogen and oxygen atoms in total. The third-order valence-electron chi connectivity index (χ3n) is 4.34. The molecule has 1 N–H and O–H groups in total. The van der Waals surface area contributed by atoms with E-state index >= 15 is 0 Å². The Hall–Kier alpha value is -1.75. The average molecular weight is 361 g/mol. The molecule has 1 aliphatic rings. The molecule has 0 spiro atoms. The van der Waals surface area contributed by atoms with Gasteiger partial charge < -0.3 is 14.8 Å². The maximum atomic E-state index is 6.21. The summed E-state index contributed by atoms with van der Waals surface area (Å²) < 4.78 is 12.1. The highest BCUT2D eigenvalue weighted by atomic mass is 35.5. The molecule has 1 heterocycles. The summed E-state index contributed by atoms with van der Waals surface area (Å²) in [6.07, 6.45) is 1.05. The molecule has 1 saturated heterocycles. The molecule has 0 aliphatic carbocycles. The molecular formula is C20H25ClN2O2. The van der Waals surface area contributed by atoms with Gasteiger partial charge in [0.05, 0.1) is 0 Å². The molecule has 0 saturated carbocycles. The van der Waals surface area contributed by atoms with Gasteiger partial charge in [0.25, 0.3) is 0 Å². The van der Waals surface area contributed by atoms with E-state index < -0.39 is 0 Å². The van der Waals surface area contributed by atoms with E-state index in [-0.39, 0.29) is 6.23 Å². The van der Waals surface area contributed by atoms with Crippen molar-refractivity contribution >= 4 is 11.6 Å². The van der Waals surface area contributed by atoms with Crippen molar-refractivity contribution in [3.05, 3.63) is 59.1 Å². The molecule has 1 atom stereocenters. The van der Waals surface area contributed by atoms with Crippen molar-refractivity contribution in [1.82, 2.24) is 10.2 Å². The molecule has 134 valence electrons. The lowest BCUT2D eigenvalue weighted by Crippen LogP contribution is -2.50. The number of hydrogen-bond donors (Lipinski definition) is 1. The second-order valence-corrected chi connectivity index (χ2v) is 6.53. The normalized spacial score (nSPS) is 16.4. The summed E-state index contributed by atoms with van der Waals surface area (Å²) in [6, 6.07) is 15.6. The summed E-state index contributed by atoms with van der Waals surface area (Å²) in [7, 11) is 0. The maximum absolute atomic E-state index is 6.21. The van der Waals surface area contributed by atoms with E-state index in [1.165, 1.54) is 0 Å². The van der Waals surface area contributed by atoms with Crippen LogP contribution in [-0.2, 0) is 6.61 Å². The van der Waals surface area contributed by atoms with Gasteiger partial charge in [-0.25, -0.2) is 0 Å². The first-order chi connectivity index (χ1) is 12.3. The number of halogens is 1. The first kappa shape index (κ1) is 18.1. The third kappa shape index (κ3) is 5.11. The summed E-state index contributed by atoms with van der Waals surface area (Å²) in [4.78, 5) is 2.38. The average Bonchev–Trinajstić information content (AvgIpc) is 2.66. The van der Waals surface area contributed by atoms with Crippen LogP contribution >= 0.6 is 11.6 Å². The van der Waals surface area contributed by atoms with Gasteiger partial charge in [-0.1, -0.05) is 42.8 Å². The Kier molecular flexibility index (Phi) is 6.56. The van der Waals surface area contributed by atoms with Crippen molar-refractivity contribution in [3.63, 3.8) is 0 Å². The zero-order valence-electron chi connectivity index (χ0n) is 14.6. The van der Waals surface area contributed by atoms with E-state index in [9.17, 15) is 0 Å². The monoisotopic (exact) mass is 360 g/mol. The van der Waals surface area contributed by atoms with Gasteiger partial charge in [0.2, 0.25) is 0 Å². The Bertz CT molecular complexity index is 674. The third-order valence-corrected chi connectivity index (χ3v) is 4.71. The highest BCUT2D eigenvalue weighted by molar-refractivity contribution is 6.31. The fourth-order valence-corrected chi connectivity index (χ4v) is 3.15. The number of nitrogens with zero attached hydrogens (tertiary/aromatic N) is 1. The van der Waals surface area contributed by atoms with Crippen LogP contribution in [0.4, 0.5) is 0 Å². The highest BCUT2D eigenvalue weighted by Gasteiger charge is 2.20. The molecule has 5 heteroatoms. The zero-order chi connectivity index (χ0) is 17.5. The van der Waals surface area contributed by atoms with Gasteiger partial charge in [-0.2, -0.15) is 0 Å². The molecule has 0 amide bonds. The van der Waals surface area contributed by atoms with Gasteiger partial charge >= 0.3 is 0 Å². The first-order valence-electron chi connectivity index (χ1n) is 8.84. The second-order valence-electron chi connectivity index (χ2n) is 6.12. The molecule has 0 bridgehead atoms. The lowest BCUT2D eigenvalue weighted by atomic mass is 10.2. The van der Waals surface area contributed by atoms with Crippen LogP contribution in [0.15, 0.2) is 48.5 Å². The number of piperazine rings is 1. The van der Waals surface area contributed by atoms with Crippen molar-refractivity contribution in [3.8, 4) is 11.5 Å². The number of ether oxygens (including phenoxy) is 2. The molecule has 25 heavy (non-hydrogen) atoms. The SMILES string of the molecule is CCC(Oc1cccc(OCc2ccccc2Cl)c1)N1CCNCC1. The highest BCUT2D eigenvalue weighted by Crippen LogP contribution is 2.24. The Balaban J connectivity index is 1.61. The second kappa shape index (κ2) is 9.09. The van der Waals surface area contributed by atoms with E-state index in [2.05, 4.69) is 17.1 Å². The number of hydrogen-bond acceptors (Lipinski definition) is 4. The van der Waals surface area contributed by atoms with Gasteiger partial charge in [-0.05, 0) is 24.6 Å². The summed E-state index contributed by atoms with van der Waals surface area (Å²) in [5, 5.41) is 4.10. The number of rotatable bonds is 7. The summed E-state index contributed by atoms with van der Waals surface area (Å²) in [5.41, 5.74) is 0.975. The van der Waals surface area contributed by atoms with Crippen LogP contribution in [0.5, 0.6) is 11.5 Å². The zero-order valence-corrected chi connectivity index (χ0v) is 15.3. The molecule has 3 rings (SSSR count). The van der Waals surface area contributed by atoms with E-state index in [4.69, 9.17) is 21.1 Å². The standard InChI is InChI=1S/C20H25ClN2O2/c1-2-20(23-12-10-22-11-13-23)25-18-8-5-7-17(14-18)24-15-16-6-3-4-9-19(16)21/h3-9,14,20,22H,2,10-13,15H2,1H3. The topological polar surface area (TPSA) is 33.7 Å². The molecule has 0 radical (unpaired) electrons. The van der Waals surface area contributed by atoms with Gasteiger partial charge in [0.1, 0.15) is 18.1 Å². The van der Waals surface area contributed by atoms with Crippen molar-refractivity contribution < 1.29 is 9.47 Å². The largest absolute Gasteiger partial charge is 0.489 e. The number of benzene rings is 2. The summed E-state index contributed by atoms with van der Waals surface area (Å²) in [5.74, 6) is 1.62. The van der Waals surface area contributed by atoms with Gasteiger partial charge in [0.15, 0.2) is 6.23 Å². The molecule has 1 fully saturated rings. The maximum Gasteiger partial charge on any atom is 0.152 e. The van der Waals surface area contributed by atoms with E-state index in [0.717, 1.165) is 54.7 Å². The van der Waals surface area contributed by atoms with Crippen LogP contribution in [-0.4, -0.2) is 37.3 Å². The van der Waals surface area contributed by atoms with Crippen molar-refractivity contribution in [1.29, 1.82) is 0 Å². The van der Waals surface area contributed by atoms with Crippen LogP contribution in [0, 0.1) is 0 Å². The predicted octanol–water partition coefficient (Wildman–Crippen LogP) is 3.94. The smallest absolute Gasteiger partial charge is 0.152 e. The fraction of sp³-hybridized carbons (Fsp3) is 0.400. The minimum absolute atomic E-state index is 0.0981. The summed E-state index contributed by atoms with van der Waals surface area (Å²) in [6.45, 7) is 6.66. The Morgan fingerprint density at radius 3 is 2.60 bits per heavy atom. The van der Waals surface area contributed by atoms with Gasteiger partial charge in [0, 0.05) is 42.8 Å². The fourth-order valence-electron chi connectivity index (χ4n) is 2.96. The van der Waals surface area contributed by atoms with E-state index in [1.54, 1.807) is 0 Å². The van der Waals surface area contributed by atoms with Crippen LogP contribution in [0.3, 0.4) is 0 Å². The molecule has 1 unspecified atom stereocenters. The quantitative estimate of drug-likeness (QED) is 0.811. The van der Waals surface area contributed by atoms with Crippen molar-refractivity contribution in [2.45, 2.75) is 26.2 Å². The first-order valence-corrected chi connectivity index (χ1v) is 9.21. The lowest BCUT2D eigenvalue weighted by Gasteiger charge is -2.34. The molecule has 1 aliphatic heterocycles. The van der Waals surface area contributed by atoms with Crippen LogP contribution in [0.2, 0.25) is 5.02 Å². The molecule has 0 aromatic heterocycles. The lowest BCUT2D eigenvalue weighted by molar-refractivity contribution is 0.0142. The Morgan fingerprint density at radius 2 is 1.84 bits per heavy atom. The molecule has 2 aromatic rings. The predicted molar refractivity (Wildman–Crippen MR) is 101 cm³/mol. The van der Waals surface area contributed by atoms with Crippen LogP contribution < -0.4 is 14.8 Å². The Labute approximate surface area is 154 Å². The van der Waals surface area contributed by atoms with Crippen LogP contribution in [0.25, 0.3) is 0 Å². The van der Waals surface area contributed by atoms with Gasteiger partial charge in [-0.3, -0.25) is 4.90 Å². The van der Waals surface area contributed by atoms with Crippen molar-refractivity contribution in [2.75, 3.05) is 26.2 Å². The molecule has 2 aromatic carbocycles. The van der Waals surface area contributed by atoms with Crippen molar-refractivity contribution in [2.24, 2.45) is 0 Å². The minimum atomic E-state index is 0.0981. The van der Waals surface area contributed by atoms with Gasteiger partial charge in [-0.15, -0.1) is 0 Å². The summed E-state index contributed by atoms with van der Waals surface area (Å²) >= 11 is 6.18. The minimum Gasteiger partial charge on any atom is -0.489 e.